The molecule has 0 aliphatic carbocycles. The molecule has 0 fully saturated rings. The standard InChI is InChI=1S/C15H20FNO3/c1-10-7-11(16)8-13-12(10)9-17(5-6-19-13)14(18)20-15(2,3)4/h7-8H,5-6,9H2,1-4H3. The minimum absolute atomic E-state index is 0.327. The van der Waals surface area contributed by atoms with E-state index in [0.717, 1.165) is 11.1 Å². The number of carbonyl (C=O) groups excluding carboxylic acids is 1. The van der Waals surface area contributed by atoms with Crippen LogP contribution in [0.4, 0.5) is 9.18 Å². The number of rotatable bonds is 0. The van der Waals surface area contributed by atoms with Crippen molar-refractivity contribution >= 4 is 6.09 Å². The second kappa shape index (κ2) is 5.31. The summed E-state index contributed by atoms with van der Waals surface area (Å²) in [6.45, 7) is 8.41. The molecule has 1 aliphatic rings. The van der Waals surface area contributed by atoms with E-state index in [0.29, 0.717) is 25.4 Å². The van der Waals surface area contributed by atoms with Crippen molar-refractivity contribution in [3.8, 4) is 5.75 Å². The molecule has 1 amide bonds. The first-order valence-corrected chi connectivity index (χ1v) is 6.66. The Morgan fingerprint density at radius 3 is 2.75 bits per heavy atom. The summed E-state index contributed by atoms with van der Waals surface area (Å²) in [5.74, 6) is 0.181. The highest BCUT2D eigenvalue weighted by molar-refractivity contribution is 5.68. The Balaban J connectivity index is 2.22. The number of benzene rings is 1. The first-order valence-electron chi connectivity index (χ1n) is 6.66. The average Bonchev–Trinajstić information content (AvgIpc) is 2.49. The van der Waals surface area contributed by atoms with E-state index in [2.05, 4.69) is 0 Å². The van der Waals surface area contributed by atoms with Gasteiger partial charge in [-0.2, -0.15) is 0 Å². The van der Waals surface area contributed by atoms with Gasteiger partial charge in [-0.05, 0) is 39.3 Å². The van der Waals surface area contributed by atoms with Gasteiger partial charge in [0.2, 0.25) is 0 Å². The van der Waals surface area contributed by atoms with Crippen LogP contribution in [0.3, 0.4) is 0 Å². The number of nitrogens with zero attached hydrogens (tertiary/aromatic N) is 1. The van der Waals surface area contributed by atoms with Crippen LogP contribution in [0.5, 0.6) is 5.75 Å². The summed E-state index contributed by atoms with van der Waals surface area (Å²) in [5, 5.41) is 0. The molecule has 0 saturated heterocycles. The molecule has 0 saturated carbocycles. The van der Waals surface area contributed by atoms with E-state index in [4.69, 9.17) is 9.47 Å². The highest BCUT2D eigenvalue weighted by Crippen LogP contribution is 2.28. The van der Waals surface area contributed by atoms with E-state index in [1.165, 1.54) is 12.1 Å². The van der Waals surface area contributed by atoms with Crippen molar-refractivity contribution in [1.29, 1.82) is 0 Å². The zero-order valence-corrected chi connectivity index (χ0v) is 12.3. The fraction of sp³-hybridized carbons (Fsp3) is 0.533. The molecule has 0 spiro atoms. The zero-order valence-electron chi connectivity index (χ0n) is 12.3. The minimum atomic E-state index is -0.537. The van der Waals surface area contributed by atoms with Gasteiger partial charge in [0.15, 0.2) is 0 Å². The van der Waals surface area contributed by atoms with Gasteiger partial charge in [0.1, 0.15) is 23.8 Å². The van der Waals surface area contributed by atoms with Crippen molar-refractivity contribution in [2.24, 2.45) is 0 Å². The summed E-state index contributed by atoms with van der Waals surface area (Å²) < 4.78 is 24.3. The predicted molar refractivity (Wildman–Crippen MR) is 73.3 cm³/mol. The molecule has 1 aromatic rings. The number of halogens is 1. The molecule has 1 aliphatic heterocycles. The molecule has 0 radical (unpaired) electrons. The van der Waals surface area contributed by atoms with Crippen LogP contribution in [-0.2, 0) is 11.3 Å². The maximum atomic E-state index is 13.4. The summed E-state index contributed by atoms with van der Waals surface area (Å²) in [6.07, 6.45) is -0.377. The molecule has 0 atom stereocenters. The first kappa shape index (κ1) is 14.6. The van der Waals surface area contributed by atoms with Crippen LogP contribution in [0.15, 0.2) is 12.1 Å². The van der Waals surface area contributed by atoms with Gasteiger partial charge < -0.3 is 14.4 Å². The molecule has 0 unspecified atom stereocenters. The third kappa shape index (κ3) is 3.40. The summed E-state index contributed by atoms with van der Waals surface area (Å²) in [4.78, 5) is 13.7. The lowest BCUT2D eigenvalue weighted by Gasteiger charge is -2.26. The quantitative estimate of drug-likeness (QED) is 0.732. The SMILES string of the molecule is Cc1cc(F)cc2c1CN(C(=O)OC(C)(C)C)CCO2. The van der Waals surface area contributed by atoms with Gasteiger partial charge in [-0.1, -0.05) is 0 Å². The molecule has 20 heavy (non-hydrogen) atoms. The molecule has 110 valence electrons. The van der Waals surface area contributed by atoms with Gasteiger partial charge in [-0.3, -0.25) is 0 Å². The van der Waals surface area contributed by atoms with Gasteiger partial charge in [0.05, 0.1) is 13.1 Å². The summed E-state index contributed by atoms with van der Waals surface area (Å²) in [5.41, 5.74) is 1.07. The van der Waals surface area contributed by atoms with E-state index in [9.17, 15) is 9.18 Å². The van der Waals surface area contributed by atoms with E-state index in [1.54, 1.807) is 4.90 Å². The van der Waals surface area contributed by atoms with Crippen molar-refractivity contribution < 1.29 is 18.7 Å². The van der Waals surface area contributed by atoms with Crippen molar-refractivity contribution in [3.05, 3.63) is 29.1 Å². The number of hydrogen-bond acceptors (Lipinski definition) is 3. The third-order valence-electron chi connectivity index (χ3n) is 3.02. The van der Waals surface area contributed by atoms with E-state index in [-0.39, 0.29) is 11.9 Å². The maximum Gasteiger partial charge on any atom is 0.410 e. The van der Waals surface area contributed by atoms with Crippen molar-refractivity contribution in [1.82, 2.24) is 4.90 Å². The predicted octanol–water partition coefficient (Wildman–Crippen LogP) is 3.26. The van der Waals surface area contributed by atoms with E-state index < -0.39 is 5.60 Å². The van der Waals surface area contributed by atoms with Crippen molar-refractivity contribution in [2.45, 2.75) is 39.8 Å². The Hall–Kier alpha value is -1.78. The number of ether oxygens (including phenoxy) is 2. The first-order chi connectivity index (χ1) is 9.26. The molecule has 2 rings (SSSR count). The lowest BCUT2D eigenvalue weighted by Crippen LogP contribution is -2.37. The Labute approximate surface area is 118 Å². The number of carbonyl (C=O) groups is 1. The third-order valence-corrected chi connectivity index (χ3v) is 3.02. The maximum absolute atomic E-state index is 13.4. The van der Waals surface area contributed by atoms with E-state index in [1.807, 2.05) is 27.7 Å². The molecule has 0 bridgehead atoms. The van der Waals surface area contributed by atoms with Crippen LogP contribution in [0.2, 0.25) is 0 Å². The Bertz CT molecular complexity index is 523. The monoisotopic (exact) mass is 281 g/mol. The normalized spacial score (nSPS) is 15.2. The van der Waals surface area contributed by atoms with Crippen LogP contribution < -0.4 is 4.74 Å². The number of fused-ring (bicyclic) bond motifs is 1. The number of amides is 1. The summed E-state index contributed by atoms with van der Waals surface area (Å²) in [7, 11) is 0. The van der Waals surface area contributed by atoms with Crippen LogP contribution >= 0.6 is 0 Å². The van der Waals surface area contributed by atoms with Gasteiger partial charge >= 0.3 is 6.09 Å². The van der Waals surface area contributed by atoms with Crippen LogP contribution in [0.25, 0.3) is 0 Å². The molecule has 5 heteroatoms. The van der Waals surface area contributed by atoms with Crippen molar-refractivity contribution in [3.63, 3.8) is 0 Å². The molecule has 0 N–H and O–H groups in total. The highest BCUT2D eigenvalue weighted by atomic mass is 19.1. The van der Waals surface area contributed by atoms with Crippen LogP contribution in [0, 0.1) is 12.7 Å². The topological polar surface area (TPSA) is 38.8 Å². The lowest BCUT2D eigenvalue weighted by molar-refractivity contribution is 0.0225. The fourth-order valence-corrected chi connectivity index (χ4v) is 2.09. The van der Waals surface area contributed by atoms with Gasteiger partial charge in [0, 0.05) is 11.6 Å². The molecule has 0 aromatic heterocycles. The van der Waals surface area contributed by atoms with Crippen molar-refractivity contribution in [2.75, 3.05) is 13.2 Å². The number of hydrogen-bond donors (Lipinski definition) is 0. The molecular weight excluding hydrogens is 261 g/mol. The second-order valence-corrected chi connectivity index (χ2v) is 5.95. The summed E-state index contributed by atoms with van der Waals surface area (Å²) in [6, 6.07) is 2.81. The zero-order chi connectivity index (χ0) is 14.9. The Morgan fingerprint density at radius 2 is 2.10 bits per heavy atom. The van der Waals surface area contributed by atoms with Gasteiger partial charge in [0.25, 0.3) is 0 Å². The average molecular weight is 281 g/mol. The van der Waals surface area contributed by atoms with Gasteiger partial charge in [-0.25, -0.2) is 9.18 Å². The van der Waals surface area contributed by atoms with E-state index >= 15 is 0 Å². The smallest absolute Gasteiger partial charge is 0.410 e. The van der Waals surface area contributed by atoms with Gasteiger partial charge in [-0.15, -0.1) is 0 Å². The minimum Gasteiger partial charge on any atom is -0.491 e. The molecular formula is C15H20FNO3. The van der Waals surface area contributed by atoms with Crippen LogP contribution in [-0.4, -0.2) is 29.7 Å². The molecule has 4 nitrogen and oxygen atoms in total. The number of aryl methyl sites for hydroxylation is 1. The fourth-order valence-electron chi connectivity index (χ4n) is 2.09. The largest absolute Gasteiger partial charge is 0.491 e. The highest BCUT2D eigenvalue weighted by Gasteiger charge is 2.26. The Kier molecular flexibility index (Phi) is 3.88. The lowest BCUT2D eigenvalue weighted by atomic mass is 10.1. The second-order valence-electron chi connectivity index (χ2n) is 5.95. The molecule has 1 aromatic carbocycles. The molecule has 1 heterocycles. The summed E-state index contributed by atoms with van der Waals surface area (Å²) >= 11 is 0. The van der Waals surface area contributed by atoms with Crippen LogP contribution in [0.1, 0.15) is 31.9 Å². The Morgan fingerprint density at radius 1 is 1.40 bits per heavy atom.